The Hall–Kier alpha value is -3.88. The minimum atomic E-state index is -0.241. The van der Waals surface area contributed by atoms with E-state index in [1.54, 1.807) is 35.2 Å². The van der Waals surface area contributed by atoms with Crippen LogP contribution in [0.15, 0.2) is 60.2 Å². The molecule has 1 aromatic carbocycles. The van der Waals surface area contributed by atoms with E-state index in [0.717, 1.165) is 5.82 Å². The van der Waals surface area contributed by atoms with Crippen molar-refractivity contribution in [1.29, 1.82) is 0 Å². The third-order valence-electron chi connectivity index (χ3n) is 4.27. The van der Waals surface area contributed by atoms with Crippen molar-refractivity contribution in [3.63, 3.8) is 0 Å². The normalized spacial score (nSPS) is 10.9. The lowest BCUT2D eigenvalue weighted by molar-refractivity contribution is -0.116. The van der Waals surface area contributed by atoms with Gasteiger partial charge < -0.3 is 5.32 Å². The Morgan fingerprint density at radius 3 is 2.64 bits per heavy atom. The van der Waals surface area contributed by atoms with E-state index < -0.39 is 0 Å². The molecule has 0 saturated heterocycles. The second-order valence-corrected chi connectivity index (χ2v) is 6.17. The van der Waals surface area contributed by atoms with Gasteiger partial charge in [0.1, 0.15) is 5.82 Å². The molecule has 1 N–H and O–H groups in total. The molecule has 9 nitrogen and oxygen atoms in total. The van der Waals surface area contributed by atoms with Crippen molar-refractivity contribution in [3.05, 3.63) is 71.6 Å². The maximum absolute atomic E-state index is 12.4. The molecule has 1 amide bonds. The van der Waals surface area contributed by atoms with E-state index in [-0.39, 0.29) is 24.4 Å². The first kappa shape index (κ1) is 17.5. The van der Waals surface area contributed by atoms with E-state index in [2.05, 4.69) is 25.3 Å². The average Bonchev–Trinajstić information content (AvgIpc) is 3.14. The molecule has 140 valence electrons. The number of aromatic nitrogens is 6. The summed E-state index contributed by atoms with van der Waals surface area (Å²) in [6, 6.07) is 7.12. The van der Waals surface area contributed by atoms with Gasteiger partial charge in [0.2, 0.25) is 11.9 Å². The highest BCUT2D eigenvalue weighted by Gasteiger charge is 2.08. The summed E-state index contributed by atoms with van der Waals surface area (Å²) in [5.74, 6) is 1.00. The number of para-hydroxylation sites is 1. The van der Waals surface area contributed by atoms with Crippen LogP contribution < -0.4 is 10.9 Å². The molecule has 0 spiro atoms. The Kier molecular flexibility index (Phi) is 4.63. The smallest absolute Gasteiger partial charge is 0.261 e. The summed E-state index contributed by atoms with van der Waals surface area (Å²) in [5.41, 5.74) is 0.954. The van der Waals surface area contributed by atoms with Crippen LogP contribution in [-0.4, -0.2) is 35.0 Å². The van der Waals surface area contributed by atoms with Crippen molar-refractivity contribution < 1.29 is 4.79 Å². The van der Waals surface area contributed by atoms with Gasteiger partial charge >= 0.3 is 0 Å². The van der Waals surface area contributed by atoms with Crippen molar-refractivity contribution >= 4 is 22.5 Å². The molecule has 0 bridgehead atoms. The fourth-order valence-electron chi connectivity index (χ4n) is 2.81. The first-order chi connectivity index (χ1) is 13.6. The van der Waals surface area contributed by atoms with Crippen molar-refractivity contribution in [2.45, 2.75) is 19.9 Å². The Labute approximate surface area is 159 Å². The largest absolute Gasteiger partial charge is 0.323 e. The van der Waals surface area contributed by atoms with Gasteiger partial charge in [-0.15, -0.1) is 0 Å². The number of aryl methyl sites for hydroxylation is 2. The molecule has 0 aliphatic heterocycles. The zero-order chi connectivity index (χ0) is 19.5. The highest BCUT2D eigenvalue weighted by Crippen LogP contribution is 2.09. The van der Waals surface area contributed by atoms with E-state index in [1.807, 2.05) is 13.0 Å². The quantitative estimate of drug-likeness (QED) is 0.569. The molecule has 4 aromatic rings. The van der Waals surface area contributed by atoms with Crippen molar-refractivity contribution in [2.24, 2.45) is 0 Å². The molecule has 3 heterocycles. The molecule has 0 fully saturated rings. The Bertz CT molecular complexity index is 1190. The van der Waals surface area contributed by atoms with Crippen molar-refractivity contribution in [1.82, 2.24) is 29.1 Å². The van der Waals surface area contributed by atoms with Gasteiger partial charge in [-0.3, -0.25) is 18.7 Å². The molecule has 0 unspecified atom stereocenters. The molecular formula is C19H17N7O2. The molecule has 0 saturated carbocycles. The number of hydrogen-bond acceptors (Lipinski definition) is 6. The lowest BCUT2D eigenvalue weighted by Crippen LogP contribution is -2.23. The topological polar surface area (TPSA) is 108 Å². The summed E-state index contributed by atoms with van der Waals surface area (Å²) < 4.78 is 3.17. The molecule has 9 heteroatoms. The van der Waals surface area contributed by atoms with E-state index in [4.69, 9.17) is 0 Å². The van der Waals surface area contributed by atoms with Crippen LogP contribution in [0, 0.1) is 6.92 Å². The molecule has 0 aliphatic carbocycles. The molecule has 0 atom stereocenters. The van der Waals surface area contributed by atoms with Gasteiger partial charge in [0, 0.05) is 25.4 Å². The summed E-state index contributed by atoms with van der Waals surface area (Å²) in [5, 5.41) is 3.26. The zero-order valence-corrected chi connectivity index (χ0v) is 15.1. The van der Waals surface area contributed by atoms with E-state index in [0.29, 0.717) is 22.5 Å². The third kappa shape index (κ3) is 3.50. The standard InChI is InChI=1S/C19H17N7O2/c1-13-20-7-9-26(13)19-21-10-14(11-22-19)24-17(27)6-8-25-12-23-16-5-3-2-4-15(16)18(25)28/h2-5,7,9-12H,6,8H2,1H3,(H,24,27). The Balaban J connectivity index is 1.40. The van der Waals surface area contributed by atoms with Gasteiger partial charge in [-0.1, -0.05) is 12.1 Å². The highest BCUT2D eigenvalue weighted by molar-refractivity contribution is 5.90. The van der Waals surface area contributed by atoms with Gasteiger partial charge in [0.25, 0.3) is 5.56 Å². The number of carbonyl (C=O) groups is 1. The first-order valence-corrected chi connectivity index (χ1v) is 8.68. The Morgan fingerprint density at radius 1 is 1.11 bits per heavy atom. The van der Waals surface area contributed by atoms with Gasteiger partial charge in [-0.05, 0) is 19.1 Å². The lowest BCUT2D eigenvalue weighted by atomic mass is 10.2. The number of imidazole rings is 1. The van der Waals surface area contributed by atoms with E-state index in [1.165, 1.54) is 23.3 Å². The SMILES string of the molecule is Cc1nccn1-c1ncc(NC(=O)CCn2cnc3ccccc3c2=O)cn1. The second-order valence-electron chi connectivity index (χ2n) is 6.17. The molecule has 4 rings (SSSR count). The minimum absolute atomic E-state index is 0.127. The van der Waals surface area contributed by atoms with Crippen LogP contribution in [0.4, 0.5) is 5.69 Å². The van der Waals surface area contributed by atoms with Crippen LogP contribution in [0.3, 0.4) is 0 Å². The van der Waals surface area contributed by atoms with Crippen LogP contribution >= 0.6 is 0 Å². The zero-order valence-electron chi connectivity index (χ0n) is 15.1. The molecule has 0 radical (unpaired) electrons. The number of anilines is 1. The second kappa shape index (κ2) is 7.39. The summed E-state index contributed by atoms with van der Waals surface area (Å²) in [7, 11) is 0. The van der Waals surface area contributed by atoms with Gasteiger partial charge in [0.15, 0.2) is 0 Å². The molecule has 28 heavy (non-hydrogen) atoms. The number of fused-ring (bicyclic) bond motifs is 1. The van der Waals surface area contributed by atoms with Crippen LogP contribution in [-0.2, 0) is 11.3 Å². The average molecular weight is 375 g/mol. The fourth-order valence-corrected chi connectivity index (χ4v) is 2.81. The van der Waals surface area contributed by atoms with E-state index in [9.17, 15) is 9.59 Å². The number of amides is 1. The monoisotopic (exact) mass is 375 g/mol. The van der Waals surface area contributed by atoms with Crippen LogP contribution in [0.5, 0.6) is 0 Å². The number of rotatable bonds is 5. The lowest BCUT2D eigenvalue weighted by Gasteiger charge is -2.08. The summed E-state index contributed by atoms with van der Waals surface area (Å²) >= 11 is 0. The van der Waals surface area contributed by atoms with Crippen LogP contribution in [0.25, 0.3) is 16.9 Å². The number of hydrogen-bond donors (Lipinski definition) is 1. The fraction of sp³-hybridized carbons (Fsp3) is 0.158. The Morgan fingerprint density at radius 2 is 1.89 bits per heavy atom. The number of nitrogens with zero attached hydrogens (tertiary/aromatic N) is 6. The number of carbonyl (C=O) groups excluding carboxylic acids is 1. The first-order valence-electron chi connectivity index (χ1n) is 8.68. The molecule has 3 aromatic heterocycles. The summed E-state index contributed by atoms with van der Waals surface area (Å²) in [4.78, 5) is 41.5. The maximum Gasteiger partial charge on any atom is 0.261 e. The van der Waals surface area contributed by atoms with Crippen molar-refractivity contribution in [3.8, 4) is 5.95 Å². The van der Waals surface area contributed by atoms with Gasteiger partial charge in [-0.2, -0.15) is 0 Å². The maximum atomic E-state index is 12.4. The van der Waals surface area contributed by atoms with Crippen molar-refractivity contribution in [2.75, 3.05) is 5.32 Å². The minimum Gasteiger partial charge on any atom is -0.323 e. The predicted octanol–water partition coefficient (Wildman–Crippen LogP) is 1.71. The number of nitrogens with one attached hydrogen (secondary N) is 1. The molecular weight excluding hydrogens is 358 g/mol. The van der Waals surface area contributed by atoms with Crippen LogP contribution in [0.1, 0.15) is 12.2 Å². The summed E-state index contributed by atoms with van der Waals surface area (Å²) in [6.45, 7) is 2.08. The summed E-state index contributed by atoms with van der Waals surface area (Å²) in [6.07, 6.45) is 8.08. The highest BCUT2D eigenvalue weighted by atomic mass is 16.2. The van der Waals surface area contributed by atoms with Gasteiger partial charge in [-0.25, -0.2) is 19.9 Å². The molecule has 0 aliphatic rings. The van der Waals surface area contributed by atoms with Crippen LogP contribution in [0.2, 0.25) is 0 Å². The number of benzene rings is 1. The van der Waals surface area contributed by atoms with Gasteiger partial charge in [0.05, 0.1) is 35.3 Å². The third-order valence-corrected chi connectivity index (χ3v) is 4.27. The van der Waals surface area contributed by atoms with E-state index >= 15 is 0 Å². The predicted molar refractivity (Wildman–Crippen MR) is 103 cm³/mol.